The van der Waals surface area contributed by atoms with Crippen molar-refractivity contribution in [3.63, 3.8) is 0 Å². The highest BCUT2D eigenvalue weighted by Crippen LogP contribution is 2.18. The van der Waals surface area contributed by atoms with Crippen LogP contribution in [0.3, 0.4) is 0 Å². The molecule has 0 saturated heterocycles. The lowest BCUT2D eigenvalue weighted by molar-refractivity contribution is 0.0912. The Hall–Kier alpha value is -1.39. The molecule has 1 aromatic heterocycles. The first-order valence-electron chi connectivity index (χ1n) is 4.03. The predicted octanol–water partition coefficient (Wildman–Crippen LogP) is 0.0870. The molecular weight excluding hydrogens is 156 g/mol. The maximum absolute atomic E-state index is 11.3. The number of rotatable bonds is 2. The standard InChI is InChI=1S/C7H10N4O/c12-7(6-4-8-11-10-6)9-5-2-1-3-5/h4-5H,1-3H2,(H,9,12)(H,8,10,11). The van der Waals surface area contributed by atoms with Gasteiger partial charge in [0.1, 0.15) is 0 Å². The molecule has 0 bridgehead atoms. The third-order valence-corrected chi connectivity index (χ3v) is 2.09. The number of aromatic amines is 1. The summed E-state index contributed by atoms with van der Waals surface area (Å²) in [4.78, 5) is 11.3. The second-order valence-corrected chi connectivity index (χ2v) is 2.96. The van der Waals surface area contributed by atoms with Crippen molar-refractivity contribution in [3.05, 3.63) is 11.9 Å². The average Bonchev–Trinajstić information content (AvgIpc) is 2.47. The van der Waals surface area contributed by atoms with Crippen LogP contribution in [0.5, 0.6) is 0 Å². The number of nitrogens with zero attached hydrogens (tertiary/aromatic N) is 2. The van der Waals surface area contributed by atoms with Crippen molar-refractivity contribution >= 4 is 5.91 Å². The Balaban J connectivity index is 1.92. The van der Waals surface area contributed by atoms with E-state index < -0.39 is 0 Å². The largest absolute Gasteiger partial charge is 0.348 e. The molecule has 1 aliphatic carbocycles. The molecule has 5 heteroatoms. The van der Waals surface area contributed by atoms with Crippen molar-refractivity contribution in [2.45, 2.75) is 25.3 Å². The Morgan fingerprint density at radius 3 is 3.00 bits per heavy atom. The Labute approximate surface area is 69.5 Å². The highest BCUT2D eigenvalue weighted by atomic mass is 16.2. The molecule has 1 fully saturated rings. The summed E-state index contributed by atoms with van der Waals surface area (Å²) < 4.78 is 0. The van der Waals surface area contributed by atoms with E-state index in [1.54, 1.807) is 0 Å². The number of hydrogen-bond acceptors (Lipinski definition) is 3. The maximum atomic E-state index is 11.3. The van der Waals surface area contributed by atoms with Gasteiger partial charge in [-0.05, 0) is 19.3 Å². The average molecular weight is 166 g/mol. The van der Waals surface area contributed by atoms with Gasteiger partial charge in [0.05, 0.1) is 6.20 Å². The SMILES string of the molecule is O=C(NC1CCC1)c1cn[nH]n1. The van der Waals surface area contributed by atoms with Crippen molar-refractivity contribution in [1.29, 1.82) is 0 Å². The quantitative estimate of drug-likeness (QED) is 0.654. The van der Waals surface area contributed by atoms with Crippen LogP contribution in [0, 0.1) is 0 Å². The van der Waals surface area contributed by atoms with Crippen LogP contribution in [0.25, 0.3) is 0 Å². The highest BCUT2D eigenvalue weighted by Gasteiger charge is 2.20. The molecule has 0 aromatic carbocycles. The van der Waals surface area contributed by atoms with E-state index in [9.17, 15) is 4.79 Å². The molecule has 0 atom stereocenters. The van der Waals surface area contributed by atoms with Crippen LogP contribution < -0.4 is 5.32 Å². The second-order valence-electron chi connectivity index (χ2n) is 2.96. The molecule has 1 aromatic rings. The molecule has 1 heterocycles. The minimum absolute atomic E-state index is 0.131. The molecular formula is C7H10N4O. The zero-order chi connectivity index (χ0) is 8.39. The zero-order valence-electron chi connectivity index (χ0n) is 6.58. The van der Waals surface area contributed by atoms with Gasteiger partial charge in [-0.25, -0.2) is 0 Å². The van der Waals surface area contributed by atoms with Crippen molar-refractivity contribution < 1.29 is 4.79 Å². The van der Waals surface area contributed by atoms with E-state index in [-0.39, 0.29) is 5.91 Å². The van der Waals surface area contributed by atoms with E-state index in [2.05, 4.69) is 20.7 Å². The van der Waals surface area contributed by atoms with E-state index in [1.165, 1.54) is 12.6 Å². The van der Waals surface area contributed by atoms with Crippen LogP contribution in [0.4, 0.5) is 0 Å². The summed E-state index contributed by atoms with van der Waals surface area (Å²) in [6.07, 6.45) is 4.81. The lowest BCUT2D eigenvalue weighted by Crippen LogP contribution is -2.39. The van der Waals surface area contributed by atoms with Crippen LogP contribution >= 0.6 is 0 Å². The minimum atomic E-state index is -0.131. The number of nitrogens with one attached hydrogen (secondary N) is 2. The van der Waals surface area contributed by atoms with Gasteiger partial charge in [-0.15, -0.1) is 0 Å². The van der Waals surface area contributed by atoms with E-state index in [1.807, 2.05) is 0 Å². The van der Waals surface area contributed by atoms with Crippen molar-refractivity contribution in [2.24, 2.45) is 0 Å². The van der Waals surface area contributed by atoms with Crippen LogP contribution in [-0.4, -0.2) is 27.4 Å². The topological polar surface area (TPSA) is 70.7 Å². The lowest BCUT2D eigenvalue weighted by Gasteiger charge is -2.25. The van der Waals surface area contributed by atoms with Crippen molar-refractivity contribution in [2.75, 3.05) is 0 Å². The van der Waals surface area contributed by atoms with Gasteiger partial charge in [0.2, 0.25) is 0 Å². The number of aromatic nitrogens is 3. The summed E-state index contributed by atoms with van der Waals surface area (Å²) in [7, 11) is 0. The molecule has 0 unspecified atom stereocenters. The smallest absolute Gasteiger partial charge is 0.273 e. The molecule has 5 nitrogen and oxygen atoms in total. The molecule has 0 radical (unpaired) electrons. The normalized spacial score (nSPS) is 17.0. The summed E-state index contributed by atoms with van der Waals surface area (Å²) in [6, 6.07) is 0.356. The number of amides is 1. The van der Waals surface area contributed by atoms with Gasteiger partial charge >= 0.3 is 0 Å². The fourth-order valence-corrected chi connectivity index (χ4v) is 1.12. The van der Waals surface area contributed by atoms with Gasteiger partial charge in [-0.1, -0.05) is 0 Å². The summed E-state index contributed by atoms with van der Waals surface area (Å²) in [5.74, 6) is -0.131. The Morgan fingerprint density at radius 1 is 1.67 bits per heavy atom. The van der Waals surface area contributed by atoms with Gasteiger partial charge in [0, 0.05) is 6.04 Å². The molecule has 1 amide bonds. The Kier molecular flexibility index (Phi) is 1.77. The van der Waals surface area contributed by atoms with E-state index in [4.69, 9.17) is 0 Å². The van der Waals surface area contributed by atoms with Gasteiger partial charge in [0.15, 0.2) is 5.69 Å². The molecule has 2 N–H and O–H groups in total. The first-order chi connectivity index (χ1) is 5.86. The fraction of sp³-hybridized carbons (Fsp3) is 0.571. The highest BCUT2D eigenvalue weighted by molar-refractivity contribution is 5.92. The predicted molar refractivity (Wildman–Crippen MR) is 41.5 cm³/mol. The molecule has 1 aliphatic rings. The minimum Gasteiger partial charge on any atom is -0.348 e. The van der Waals surface area contributed by atoms with E-state index >= 15 is 0 Å². The van der Waals surface area contributed by atoms with Crippen LogP contribution in [-0.2, 0) is 0 Å². The molecule has 64 valence electrons. The van der Waals surface area contributed by atoms with Crippen LogP contribution in [0.1, 0.15) is 29.8 Å². The third-order valence-electron chi connectivity index (χ3n) is 2.09. The number of hydrogen-bond donors (Lipinski definition) is 2. The number of carbonyl (C=O) groups is 1. The fourth-order valence-electron chi connectivity index (χ4n) is 1.12. The number of H-pyrrole nitrogens is 1. The summed E-state index contributed by atoms with van der Waals surface area (Å²) in [5, 5.41) is 12.5. The van der Waals surface area contributed by atoms with Crippen molar-refractivity contribution in [1.82, 2.24) is 20.7 Å². The second kappa shape index (κ2) is 2.92. The summed E-state index contributed by atoms with van der Waals surface area (Å²) in [6.45, 7) is 0. The van der Waals surface area contributed by atoms with Crippen LogP contribution in [0.2, 0.25) is 0 Å². The molecule has 0 aliphatic heterocycles. The van der Waals surface area contributed by atoms with Gasteiger partial charge in [0.25, 0.3) is 5.91 Å². The maximum Gasteiger partial charge on any atom is 0.273 e. The first-order valence-corrected chi connectivity index (χ1v) is 4.03. The monoisotopic (exact) mass is 166 g/mol. The van der Waals surface area contributed by atoms with Gasteiger partial charge in [-0.2, -0.15) is 15.4 Å². The summed E-state index contributed by atoms with van der Waals surface area (Å²) >= 11 is 0. The number of carbonyl (C=O) groups excluding carboxylic acids is 1. The van der Waals surface area contributed by atoms with Crippen molar-refractivity contribution in [3.8, 4) is 0 Å². The zero-order valence-corrected chi connectivity index (χ0v) is 6.58. The molecule has 1 saturated carbocycles. The Bertz CT molecular complexity index is 265. The van der Waals surface area contributed by atoms with Crippen LogP contribution in [0.15, 0.2) is 6.20 Å². The molecule has 12 heavy (non-hydrogen) atoms. The van der Waals surface area contributed by atoms with E-state index in [0.717, 1.165) is 12.8 Å². The van der Waals surface area contributed by atoms with Gasteiger partial charge in [-0.3, -0.25) is 4.79 Å². The molecule has 0 spiro atoms. The lowest BCUT2D eigenvalue weighted by atomic mass is 9.93. The van der Waals surface area contributed by atoms with E-state index in [0.29, 0.717) is 11.7 Å². The summed E-state index contributed by atoms with van der Waals surface area (Å²) in [5.41, 5.74) is 0.363. The Morgan fingerprint density at radius 2 is 2.50 bits per heavy atom. The molecule has 2 rings (SSSR count). The first kappa shape index (κ1) is 7.27. The third kappa shape index (κ3) is 1.30. The van der Waals surface area contributed by atoms with Gasteiger partial charge < -0.3 is 5.32 Å².